The number of halogens is 3. The standard InChI is InChI=1S/C16H21F3O2/c1-8(2)15(21-14(20)9(3)16(17,18)19)12-5-10-4-11(7-12)13(15)6-10/h8,10-13H,3-7H2,1-2H3. The third-order valence-electron chi connectivity index (χ3n) is 5.98. The second-order valence-corrected chi connectivity index (χ2v) is 7.25. The van der Waals surface area contributed by atoms with E-state index in [4.69, 9.17) is 4.74 Å². The molecular weight excluding hydrogens is 281 g/mol. The number of hydrogen-bond donors (Lipinski definition) is 0. The highest BCUT2D eigenvalue weighted by Gasteiger charge is 2.66. The Kier molecular flexibility index (Phi) is 3.19. The first-order valence-corrected chi connectivity index (χ1v) is 7.65. The second kappa shape index (κ2) is 4.50. The van der Waals surface area contributed by atoms with Gasteiger partial charge in [-0.2, -0.15) is 13.2 Å². The van der Waals surface area contributed by atoms with Gasteiger partial charge >= 0.3 is 12.1 Å². The van der Waals surface area contributed by atoms with Crippen molar-refractivity contribution < 1.29 is 22.7 Å². The Hall–Kier alpha value is -1.00. The minimum Gasteiger partial charge on any atom is -0.455 e. The molecule has 5 unspecified atom stereocenters. The molecule has 4 rings (SSSR count). The first-order chi connectivity index (χ1) is 9.66. The molecule has 0 aromatic carbocycles. The van der Waals surface area contributed by atoms with Crippen LogP contribution in [-0.2, 0) is 9.53 Å². The van der Waals surface area contributed by atoms with Crippen LogP contribution in [0.2, 0.25) is 0 Å². The maximum Gasteiger partial charge on any atom is 0.422 e. The van der Waals surface area contributed by atoms with Crippen molar-refractivity contribution in [3.05, 3.63) is 12.2 Å². The molecular formula is C16H21F3O2. The molecule has 0 saturated heterocycles. The molecule has 0 radical (unpaired) electrons. The molecule has 4 aliphatic carbocycles. The van der Waals surface area contributed by atoms with E-state index in [0.717, 1.165) is 25.7 Å². The van der Waals surface area contributed by atoms with Crippen molar-refractivity contribution in [3.63, 3.8) is 0 Å². The van der Waals surface area contributed by atoms with Crippen LogP contribution in [0.3, 0.4) is 0 Å². The zero-order valence-corrected chi connectivity index (χ0v) is 12.4. The van der Waals surface area contributed by atoms with Crippen molar-refractivity contribution in [2.45, 2.75) is 51.3 Å². The Balaban J connectivity index is 1.87. The first kappa shape index (κ1) is 14.9. The van der Waals surface area contributed by atoms with E-state index in [-0.39, 0.29) is 17.8 Å². The molecule has 5 atom stereocenters. The van der Waals surface area contributed by atoms with E-state index < -0.39 is 23.3 Å². The number of alkyl halides is 3. The van der Waals surface area contributed by atoms with Crippen LogP contribution in [0.4, 0.5) is 13.2 Å². The van der Waals surface area contributed by atoms with Gasteiger partial charge in [0.15, 0.2) is 0 Å². The van der Waals surface area contributed by atoms with Crippen LogP contribution in [0.1, 0.15) is 39.5 Å². The average molecular weight is 302 g/mol. The van der Waals surface area contributed by atoms with Gasteiger partial charge < -0.3 is 4.74 Å². The van der Waals surface area contributed by atoms with Gasteiger partial charge in [-0.25, -0.2) is 4.79 Å². The Labute approximate surface area is 122 Å². The smallest absolute Gasteiger partial charge is 0.422 e. The molecule has 4 bridgehead atoms. The van der Waals surface area contributed by atoms with Crippen LogP contribution in [0.5, 0.6) is 0 Å². The lowest BCUT2D eigenvalue weighted by atomic mass is 9.67. The van der Waals surface area contributed by atoms with Gasteiger partial charge in [-0.15, -0.1) is 0 Å². The predicted octanol–water partition coefficient (Wildman–Crippen LogP) is 4.11. The van der Waals surface area contributed by atoms with Gasteiger partial charge in [0.25, 0.3) is 0 Å². The highest BCUT2D eigenvalue weighted by Crippen LogP contribution is 2.66. The van der Waals surface area contributed by atoms with Gasteiger partial charge in [-0.05, 0) is 49.4 Å². The van der Waals surface area contributed by atoms with Crippen molar-refractivity contribution >= 4 is 5.97 Å². The monoisotopic (exact) mass is 302 g/mol. The normalized spacial score (nSPS) is 40.9. The van der Waals surface area contributed by atoms with E-state index >= 15 is 0 Å². The van der Waals surface area contributed by atoms with Crippen LogP contribution in [0.25, 0.3) is 0 Å². The van der Waals surface area contributed by atoms with Crippen molar-refractivity contribution in [1.82, 2.24) is 0 Å². The summed E-state index contributed by atoms with van der Waals surface area (Å²) in [5, 5.41) is 0. The maximum absolute atomic E-state index is 12.7. The average Bonchev–Trinajstić information content (AvgIpc) is 2.77. The maximum atomic E-state index is 12.7. The Bertz CT molecular complexity index is 478. The third kappa shape index (κ3) is 2.03. The summed E-state index contributed by atoms with van der Waals surface area (Å²) in [6, 6.07) is 0. The van der Waals surface area contributed by atoms with Crippen LogP contribution in [-0.4, -0.2) is 17.7 Å². The van der Waals surface area contributed by atoms with Gasteiger partial charge in [-0.3, -0.25) is 0 Å². The zero-order valence-electron chi connectivity index (χ0n) is 12.4. The number of rotatable bonds is 3. The van der Waals surface area contributed by atoms with Crippen molar-refractivity contribution in [2.75, 3.05) is 0 Å². The molecule has 0 aromatic rings. The summed E-state index contributed by atoms with van der Waals surface area (Å²) < 4.78 is 43.6. The molecule has 0 aromatic heterocycles. The van der Waals surface area contributed by atoms with Crippen molar-refractivity contribution in [3.8, 4) is 0 Å². The zero-order chi connectivity index (χ0) is 15.6. The Morgan fingerprint density at radius 3 is 2.43 bits per heavy atom. The molecule has 0 heterocycles. The summed E-state index contributed by atoms with van der Waals surface area (Å²) in [5.74, 6) is 0.378. The molecule has 4 saturated carbocycles. The molecule has 118 valence electrons. The molecule has 4 fully saturated rings. The van der Waals surface area contributed by atoms with Crippen LogP contribution in [0, 0.1) is 29.6 Å². The molecule has 5 heteroatoms. The first-order valence-electron chi connectivity index (χ1n) is 7.65. The number of carbonyl (C=O) groups excluding carboxylic acids is 1. The summed E-state index contributed by atoms with van der Waals surface area (Å²) in [6.45, 7) is 6.79. The lowest BCUT2D eigenvalue weighted by molar-refractivity contribution is -0.186. The predicted molar refractivity (Wildman–Crippen MR) is 71.3 cm³/mol. The minimum atomic E-state index is -4.72. The van der Waals surface area contributed by atoms with Gasteiger partial charge in [0.1, 0.15) is 11.2 Å². The highest BCUT2D eigenvalue weighted by atomic mass is 19.4. The van der Waals surface area contributed by atoms with E-state index in [2.05, 4.69) is 6.58 Å². The lowest BCUT2D eigenvalue weighted by Gasteiger charge is -2.46. The number of hydrogen-bond acceptors (Lipinski definition) is 2. The van der Waals surface area contributed by atoms with Crippen LogP contribution < -0.4 is 0 Å². The fourth-order valence-electron chi connectivity index (χ4n) is 5.30. The van der Waals surface area contributed by atoms with Gasteiger partial charge in [0.2, 0.25) is 0 Å². The third-order valence-corrected chi connectivity index (χ3v) is 5.98. The largest absolute Gasteiger partial charge is 0.455 e. The minimum absolute atomic E-state index is 0.0292. The van der Waals surface area contributed by atoms with Gasteiger partial charge in [0, 0.05) is 5.92 Å². The molecule has 0 aliphatic heterocycles. The molecule has 4 aliphatic rings. The number of ether oxygens (including phenoxy) is 1. The van der Waals surface area contributed by atoms with Crippen molar-refractivity contribution in [1.29, 1.82) is 0 Å². The highest BCUT2D eigenvalue weighted by molar-refractivity contribution is 5.89. The summed E-state index contributed by atoms with van der Waals surface area (Å²) in [7, 11) is 0. The lowest BCUT2D eigenvalue weighted by Crippen LogP contribution is -2.52. The quantitative estimate of drug-likeness (QED) is 0.579. The van der Waals surface area contributed by atoms with E-state index in [1.807, 2.05) is 13.8 Å². The summed E-state index contributed by atoms with van der Waals surface area (Å²) >= 11 is 0. The van der Waals surface area contributed by atoms with Crippen LogP contribution in [0.15, 0.2) is 12.2 Å². The Morgan fingerprint density at radius 1 is 1.24 bits per heavy atom. The van der Waals surface area contributed by atoms with E-state index in [9.17, 15) is 18.0 Å². The fraction of sp³-hybridized carbons (Fsp3) is 0.812. The van der Waals surface area contributed by atoms with Gasteiger partial charge in [0.05, 0.1) is 0 Å². The summed E-state index contributed by atoms with van der Waals surface area (Å²) in [5.41, 5.74) is -2.11. The molecule has 0 amide bonds. The van der Waals surface area contributed by atoms with E-state index in [0.29, 0.717) is 11.8 Å². The molecule has 21 heavy (non-hydrogen) atoms. The molecule has 0 N–H and O–H groups in total. The summed E-state index contributed by atoms with van der Waals surface area (Å²) in [6.07, 6.45) is -0.605. The van der Waals surface area contributed by atoms with Crippen molar-refractivity contribution in [2.24, 2.45) is 29.6 Å². The van der Waals surface area contributed by atoms with Crippen LogP contribution >= 0.6 is 0 Å². The molecule has 0 spiro atoms. The second-order valence-electron chi connectivity index (χ2n) is 7.25. The topological polar surface area (TPSA) is 26.3 Å². The Morgan fingerprint density at radius 2 is 1.90 bits per heavy atom. The van der Waals surface area contributed by atoms with E-state index in [1.54, 1.807) is 0 Å². The number of esters is 1. The summed E-state index contributed by atoms with van der Waals surface area (Å²) in [4.78, 5) is 12.0. The number of carbonyl (C=O) groups is 1. The fourth-order valence-corrected chi connectivity index (χ4v) is 5.30. The SMILES string of the molecule is C=C(C(=O)OC1(C(C)C)C2CC3CC(C2)C1C3)C(F)(F)F. The van der Waals surface area contributed by atoms with Gasteiger partial charge in [-0.1, -0.05) is 20.4 Å². The molecule has 2 nitrogen and oxygen atoms in total. The van der Waals surface area contributed by atoms with E-state index in [1.165, 1.54) is 0 Å².